The number of amides is 1. The Morgan fingerprint density at radius 3 is 2.86 bits per heavy atom. The fraction of sp³-hybridized carbons (Fsp3) is 0.0714. The molecule has 0 aliphatic carbocycles. The minimum atomic E-state index is -0.314. The molecule has 6 nitrogen and oxygen atoms in total. The maximum Gasteiger partial charge on any atom is 0.291 e. The average Bonchev–Trinajstić information content (AvgIpc) is 3.09. The van der Waals surface area contributed by atoms with Crippen molar-refractivity contribution in [1.29, 1.82) is 0 Å². The first-order chi connectivity index (χ1) is 10.1. The van der Waals surface area contributed by atoms with E-state index in [4.69, 9.17) is 4.42 Å². The van der Waals surface area contributed by atoms with Gasteiger partial charge in [-0.1, -0.05) is 17.3 Å². The second kappa shape index (κ2) is 5.53. The summed E-state index contributed by atoms with van der Waals surface area (Å²) < 4.78 is 7.46. The number of aryl methyl sites for hydroxylation is 1. The highest BCUT2D eigenvalue weighted by molar-refractivity contribution is 9.10. The van der Waals surface area contributed by atoms with Gasteiger partial charge in [-0.05, 0) is 41.1 Å². The van der Waals surface area contributed by atoms with Crippen molar-refractivity contribution in [2.75, 3.05) is 5.32 Å². The highest BCUT2D eigenvalue weighted by Crippen LogP contribution is 2.23. The van der Waals surface area contributed by atoms with Gasteiger partial charge in [-0.15, -0.1) is 5.10 Å². The SMILES string of the molecule is Cc1cc(Br)oc1C(=O)Nc1ccccc1-n1ccnn1. The van der Waals surface area contributed by atoms with Crippen LogP contribution in [-0.4, -0.2) is 20.9 Å². The van der Waals surface area contributed by atoms with E-state index in [1.54, 1.807) is 29.2 Å². The van der Waals surface area contributed by atoms with E-state index in [1.165, 1.54) is 0 Å². The zero-order valence-corrected chi connectivity index (χ0v) is 12.7. The highest BCUT2D eigenvalue weighted by atomic mass is 79.9. The van der Waals surface area contributed by atoms with Crippen molar-refractivity contribution in [2.45, 2.75) is 6.92 Å². The van der Waals surface area contributed by atoms with Crippen molar-refractivity contribution in [3.63, 3.8) is 0 Å². The summed E-state index contributed by atoms with van der Waals surface area (Å²) in [5.74, 6) is -0.0407. The number of nitrogens with zero attached hydrogens (tertiary/aromatic N) is 3. The molecule has 106 valence electrons. The van der Waals surface area contributed by atoms with Gasteiger partial charge in [0.1, 0.15) is 0 Å². The van der Waals surface area contributed by atoms with E-state index in [0.717, 1.165) is 11.3 Å². The lowest BCUT2D eigenvalue weighted by molar-refractivity contribution is 0.0994. The summed E-state index contributed by atoms with van der Waals surface area (Å²) in [6, 6.07) is 9.08. The number of rotatable bonds is 3. The second-order valence-electron chi connectivity index (χ2n) is 4.38. The number of furan rings is 1. The number of hydrogen-bond acceptors (Lipinski definition) is 4. The summed E-state index contributed by atoms with van der Waals surface area (Å²) in [5, 5.41) is 10.5. The van der Waals surface area contributed by atoms with Crippen LogP contribution in [0.4, 0.5) is 5.69 Å². The predicted octanol–water partition coefficient (Wildman–Crippen LogP) is 3.18. The maximum absolute atomic E-state index is 12.3. The number of carbonyl (C=O) groups excluding carboxylic acids is 1. The van der Waals surface area contributed by atoms with Crippen molar-refractivity contribution in [3.8, 4) is 5.69 Å². The van der Waals surface area contributed by atoms with Crippen LogP contribution in [-0.2, 0) is 0 Å². The number of carbonyl (C=O) groups is 1. The van der Waals surface area contributed by atoms with E-state index in [2.05, 4.69) is 31.6 Å². The van der Waals surface area contributed by atoms with Crippen LogP contribution in [0.2, 0.25) is 0 Å². The Bertz CT molecular complexity index is 780. The van der Waals surface area contributed by atoms with Crippen LogP contribution in [0.1, 0.15) is 16.1 Å². The van der Waals surface area contributed by atoms with Crippen molar-refractivity contribution < 1.29 is 9.21 Å². The van der Waals surface area contributed by atoms with E-state index in [1.807, 2.05) is 25.1 Å². The first kappa shape index (κ1) is 13.6. The number of hydrogen-bond donors (Lipinski definition) is 1. The Morgan fingerprint density at radius 1 is 1.38 bits per heavy atom. The summed E-state index contributed by atoms with van der Waals surface area (Å²) in [6.07, 6.45) is 3.28. The summed E-state index contributed by atoms with van der Waals surface area (Å²) in [4.78, 5) is 12.3. The predicted molar refractivity (Wildman–Crippen MR) is 80.5 cm³/mol. The number of aromatic nitrogens is 3. The van der Waals surface area contributed by atoms with Gasteiger partial charge in [0.25, 0.3) is 5.91 Å². The first-order valence-electron chi connectivity index (χ1n) is 6.18. The van der Waals surface area contributed by atoms with E-state index in [9.17, 15) is 4.79 Å². The molecular formula is C14H11BrN4O2. The number of nitrogens with one attached hydrogen (secondary N) is 1. The van der Waals surface area contributed by atoms with Crippen molar-refractivity contribution in [3.05, 3.63) is 58.7 Å². The topological polar surface area (TPSA) is 73.0 Å². The molecule has 0 saturated carbocycles. The minimum Gasteiger partial charge on any atom is -0.444 e. The molecule has 1 N–H and O–H groups in total. The molecule has 2 heterocycles. The third kappa shape index (κ3) is 2.73. The molecule has 21 heavy (non-hydrogen) atoms. The van der Waals surface area contributed by atoms with E-state index >= 15 is 0 Å². The second-order valence-corrected chi connectivity index (χ2v) is 5.16. The Balaban J connectivity index is 1.92. The van der Waals surface area contributed by atoms with Gasteiger partial charge in [0.05, 0.1) is 23.8 Å². The number of benzene rings is 1. The summed E-state index contributed by atoms with van der Waals surface area (Å²) in [6.45, 7) is 1.81. The first-order valence-corrected chi connectivity index (χ1v) is 6.97. The van der Waals surface area contributed by atoms with E-state index < -0.39 is 0 Å². The third-order valence-corrected chi connectivity index (χ3v) is 3.31. The van der Waals surface area contributed by atoms with Gasteiger partial charge in [0, 0.05) is 5.56 Å². The Labute approximate surface area is 128 Å². The molecule has 3 aromatic rings. The molecule has 0 atom stereocenters. The van der Waals surface area contributed by atoms with Crippen LogP contribution in [0.5, 0.6) is 0 Å². The average molecular weight is 347 g/mol. The largest absolute Gasteiger partial charge is 0.444 e. The van der Waals surface area contributed by atoms with Gasteiger partial charge in [-0.3, -0.25) is 4.79 Å². The monoisotopic (exact) mass is 346 g/mol. The lowest BCUT2D eigenvalue weighted by atomic mass is 10.2. The molecule has 0 bridgehead atoms. The number of anilines is 1. The van der Waals surface area contributed by atoms with Gasteiger partial charge in [0.2, 0.25) is 0 Å². The fourth-order valence-electron chi connectivity index (χ4n) is 1.96. The lowest BCUT2D eigenvalue weighted by Crippen LogP contribution is -2.14. The normalized spacial score (nSPS) is 10.6. The molecule has 3 rings (SSSR count). The Kier molecular flexibility index (Phi) is 3.57. The standard InChI is InChI=1S/C14H11BrN4O2/c1-9-8-12(15)21-13(9)14(20)17-10-4-2-3-5-11(10)19-7-6-16-18-19/h2-8H,1H3,(H,17,20). The van der Waals surface area contributed by atoms with Crippen LogP contribution in [0.25, 0.3) is 5.69 Å². The molecule has 1 amide bonds. The fourth-order valence-corrected chi connectivity index (χ4v) is 2.47. The molecule has 0 aliphatic heterocycles. The molecule has 0 saturated heterocycles. The zero-order valence-electron chi connectivity index (χ0n) is 11.1. The third-order valence-electron chi connectivity index (χ3n) is 2.92. The van der Waals surface area contributed by atoms with Crippen molar-refractivity contribution in [1.82, 2.24) is 15.0 Å². The summed E-state index contributed by atoms with van der Waals surface area (Å²) in [5.41, 5.74) is 2.11. The summed E-state index contributed by atoms with van der Waals surface area (Å²) in [7, 11) is 0. The smallest absolute Gasteiger partial charge is 0.291 e. The molecule has 7 heteroatoms. The maximum atomic E-state index is 12.3. The van der Waals surface area contributed by atoms with Gasteiger partial charge in [-0.25, -0.2) is 4.68 Å². The molecule has 0 aliphatic rings. The molecule has 0 radical (unpaired) electrons. The number of halogens is 1. The van der Waals surface area contributed by atoms with Crippen LogP contribution in [0, 0.1) is 6.92 Å². The molecule has 2 aromatic heterocycles. The van der Waals surface area contributed by atoms with Crippen LogP contribution < -0.4 is 5.32 Å². The molecule has 0 spiro atoms. The van der Waals surface area contributed by atoms with Gasteiger partial charge in [0.15, 0.2) is 10.4 Å². The van der Waals surface area contributed by atoms with E-state index in [0.29, 0.717) is 10.4 Å². The summed E-state index contributed by atoms with van der Waals surface area (Å²) >= 11 is 3.21. The Hall–Kier alpha value is -2.41. The van der Waals surface area contributed by atoms with E-state index in [-0.39, 0.29) is 11.7 Å². The van der Waals surface area contributed by atoms with Crippen LogP contribution >= 0.6 is 15.9 Å². The zero-order chi connectivity index (χ0) is 14.8. The highest BCUT2D eigenvalue weighted by Gasteiger charge is 2.16. The number of para-hydroxylation sites is 2. The Morgan fingerprint density at radius 2 is 2.19 bits per heavy atom. The molecule has 0 fully saturated rings. The molecular weight excluding hydrogens is 336 g/mol. The van der Waals surface area contributed by atoms with Gasteiger partial charge >= 0.3 is 0 Å². The van der Waals surface area contributed by atoms with Crippen molar-refractivity contribution in [2.24, 2.45) is 0 Å². The molecule has 1 aromatic carbocycles. The van der Waals surface area contributed by atoms with Gasteiger partial charge < -0.3 is 9.73 Å². The van der Waals surface area contributed by atoms with Crippen molar-refractivity contribution >= 4 is 27.5 Å². The quantitative estimate of drug-likeness (QED) is 0.790. The van der Waals surface area contributed by atoms with Crippen LogP contribution in [0.3, 0.4) is 0 Å². The minimum absolute atomic E-state index is 0.273. The molecule has 0 unspecified atom stereocenters. The van der Waals surface area contributed by atoms with Crippen LogP contribution in [0.15, 0.2) is 51.8 Å². The lowest BCUT2D eigenvalue weighted by Gasteiger charge is -2.09. The van der Waals surface area contributed by atoms with Gasteiger partial charge in [-0.2, -0.15) is 0 Å².